The number of nitrogens with one attached hydrogen (secondary N) is 1. The van der Waals surface area contributed by atoms with Crippen LogP contribution >= 0.6 is 0 Å². The average molecular weight is 228 g/mol. The normalized spacial score (nSPS) is 17.4. The molecule has 0 aliphatic heterocycles. The third kappa shape index (κ3) is 5.28. The minimum absolute atomic E-state index is 0.304. The van der Waals surface area contributed by atoms with Crippen LogP contribution in [-0.4, -0.2) is 48.8 Å². The topological polar surface area (TPSA) is 35.5 Å². The second-order valence-corrected chi connectivity index (χ2v) is 4.80. The quantitative estimate of drug-likeness (QED) is 0.589. The second kappa shape index (κ2) is 8.97. The van der Waals surface area contributed by atoms with E-state index in [1.165, 1.54) is 38.5 Å². The van der Waals surface area contributed by atoms with Crippen molar-refractivity contribution in [2.75, 3.05) is 32.8 Å². The number of hydrogen-bond donors (Lipinski definition) is 2. The Bertz CT molecular complexity index is 158. The molecule has 0 unspecified atom stereocenters. The summed E-state index contributed by atoms with van der Waals surface area (Å²) in [5, 5.41) is 12.5. The Morgan fingerprint density at radius 2 is 1.94 bits per heavy atom. The molecular weight excluding hydrogens is 200 g/mol. The minimum atomic E-state index is 0.304. The highest BCUT2D eigenvalue weighted by Crippen LogP contribution is 2.23. The molecule has 0 spiro atoms. The van der Waals surface area contributed by atoms with Crippen molar-refractivity contribution in [1.82, 2.24) is 10.2 Å². The Morgan fingerprint density at radius 1 is 1.19 bits per heavy atom. The predicted octanol–water partition coefficient (Wildman–Crippen LogP) is 1.61. The zero-order chi connectivity index (χ0) is 11.6. The molecule has 1 aliphatic rings. The molecule has 1 rings (SSSR count). The van der Waals surface area contributed by atoms with Crippen molar-refractivity contribution >= 4 is 0 Å². The van der Waals surface area contributed by atoms with E-state index in [4.69, 9.17) is 5.11 Å². The van der Waals surface area contributed by atoms with Gasteiger partial charge < -0.3 is 10.4 Å². The van der Waals surface area contributed by atoms with Crippen LogP contribution in [0.3, 0.4) is 0 Å². The minimum Gasteiger partial charge on any atom is -0.395 e. The van der Waals surface area contributed by atoms with Crippen molar-refractivity contribution in [3.05, 3.63) is 0 Å². The van der Waals surface area contributed by atoms with Crippen LogP contribution < -0.4 is 5.32 Å². The SMILES string of the molecule is CCCNCCCN(CCO)C1CCCC1. The van der Waals surface area contributed by atoms with Gasteiger partial charge in [-0.2, -0.15) is 0 Å². The summed E-state index contributed by atoms with van der Waals surface area (Å²) in [6.07, 6.45) is 7.84. The van der Waals surface area contributed by atoms with Gasteiger partial charge in [-0.15, -0.1) is 0 Å². The van der Waals surface area contributed by atoms with E-state index >= 15 is 0 Å². The van der Waals surface area contributed by atoms with Crippen LogP contribution in [0.5, 0.6) is 0 Å². The molecule has 3 nitrogen and oxygen atoms in total. The third-order valence-electron chi connectivity index (χ3n) is 3.45. The summed E-state index contributed by atoms with van der Waals surface area (Å²) < 4.78 is 0. The number of aliphatic hydroxyl groups excluding tert-OH is 1. The number of aliphatic hydroxyl groups is 1. The summed E-state index contributed by atoms with van der Waals surface area (Å²) >= 11 is 0. The van der Waals surface area contributed by atoms with E-state index in [1.807, 2.05) is 0 Å². The summed E-state index contributed by atoms with van der Waals surface area (Å²) in [7, 11) is 0. The molecule has 0 radical (unpaired) electrons. The Labute approximate surface area is 100 Å². The van der Waals surface area contributed by atoms with Gasteiger partial charge in [-0.05, 0) is 45.3 Å². The van der Waals surface area contributed by atoms with Gasteiger partial charge in [0.05, 0.1) is 6.61 Å². The maximum atomic E-state index is 9.08. The molecule has 0 bridgehead atoms. The molecule has 0 aromatic carbocycles. The monoisotopic (exact) mass is 228 g/mol. The van der Waals surface area contributed by atoms with Crippen LogP contribution in [0.1, 0.15) is 45.4 Å². The summed E-state index contributed by atoms with van der Waals surface area (Å²) in [5.41, 5.74) is 0. The highest BCUT2D eigenvalue weighted by Gasteiger charge is 2.21. The largest absolute Gasteiger partial charge is 0.395 e. The molecule has 2 N–H and O–H groups in total. The lowest BCUT2D eigenvalue weighted by molar-refractivity contribution is 0.150. The molecule has 3 heteroatoms. The van der Waals surface area contributed by atoms with Gasteiger partial charge in [-0.1, -0.05) is 19.8 Å². The fraction of sp³-hybridized carbons (Fsp3) is 1.00. The van der Waals surface area contributed by atoms with E-state index in [-0.39, 0.29) is 0 Å². The first-order valence-electron chi connectivity index (χ1n) is 6.94. The van der Waals surface area contributed by atoms with Gasteiger partial charge in [0.15, 0.2) is 0 Å². The van der Waals surface area contributed by atoms with E-state index in [0.717, 1.165) is 32.2 Å². The zero-order valence-electron chi connectivity index (χ0n) is 10.7. The first kappa shape index (κ1) is 13.9. The Kier molecular flexibility index (Phi) is 7.81. The van der Waals surface area contributed by atoms with E-state index in [1.54, 1.807) is 0 Å². The molecule has 16 heavy (non-hydrogen) atoms. The van der Waals surface area contributed by atoms with Crippen molar-refractivity contribution in [2.24, 2.45) is 0 Å². The highest BCUT2D eigenvalue weighted by atomic mass is 16.3. The molecule has 1 aliphatic carbocycles. The van der Waals surface area contributed by atoms with Crippen LogP contribution in [0.25, 0.3) is 0 Å². The fourth-order valence-corrected chi connectivity index (χ4v) is 2.58. The maximum Gasteiger partial charge on any atom is 0.0558 e. The molecule has 0 aromatic rings. The highest BCUT2D eigenvalue weighted by molar-refractivity contribution is 4.77. The lowest BCUT2D eigenvalue weighted by atomic mass is 10.2. The van der Waals surface area contributed by atoms with Crippen molar-refractivity contribution < 1.29 is 5.11 Å². The fourth-order valence-electron chi connectivity index (χ4n) is 2.58. The van der Waals surface area contributed by atoms with Gasteiger partial charge in [0.25, 0.3) is 0 Å². The van der Waals surface area contributed by atoms with Crippen molar-refractivity contribution in [1.29, 1.82) is 0 Å². The summed E-state index contributed by atoms with van der Waals surface area (Å²) in [6.45, 7) is 6.74. The van der Waals surface area contributed by atoms with Gasteiger partial charge in [0, 0.05) is 12.6 Å². The van der Waals surface area contributed by atoms with E-state index in [9.17, 15) is 0 Å². The van der Waals surface area contributed by atoms with Gasteiger partial charge in [-0.3, -0.25) is 4.90 Å². The number of hydrogen-bond acceptors (Lipinski definition) is 3. The van der Waals surface area contributed by atoms with E-state index in [0.29, 0.717) is 6.61 Å². The first-order chi connectivity index (χ1) is 7.88. The summed E-state index contributed by atoms with van der Waals surface area (Å²) in [4.78, 5) is 2.49. The van der Waals surface area contributed by atoms with Crippen LogP contribution in [0, 0.1) is 0 Å². The Morgan fingerprint density at radius 3 is 2.56 bits per heavy atom. The Balaban J connectivity index is 2.12. The molecule has 96 valence electrons. The van der Waals surface area contributed by atoms with Gasteiger partial charge in [0.1, 0.15) is 0 Å². The van der Waals surface area contributed by atoms with Crippen molar-refractivity contribution in [2.45, 2.75) is 51.5 Å². The molecule has 0 saturated heterocycles. The zero-order valence-corrected chi connectivity index (χ0v) is 10.7. The molecular formula is C13H28N2O. The molecule has 0 aromatic heterocycles. The number of rotatable bonds is 9. The Hall–Kier alpha value is -0.120. The lowest BCUT2D eigenvalue weighted by Gasteiger charge is -2.28. The summed E-state index contributed by atoms with van der Waals surface area (Å²) in [5.74, 6) is 0. The van der Waals surface area contributed by atoms with Crippen molar-refractivity contribution in [3.8, 4) is 0 Å². The van der Waals surface area contributed by atoms with E-state index < -0.39 is 0 Å². The predicted molar refractivity (Wildman–Crippen MR) is 68.7 cm³/mol. The van der Waals surface area contributed by atoms with Crippen molar-refractivity contribution in [3.63, 3.8) is 0 Å². The molecule has 1 saturated carbocycles. The lowest BCUT2D eigenvalue weighted by Crippen LogP contribution is -2.37. The van der Waals surface area contributed by atoms with Gasteiger partial charge in [-0.25, -0.2) is 0 Å². The van der Waals surface area contributed by atoms with Gasteiger partial charge in [0.2, 0.25) is 0 Å². The molecule has 0 heterocycles. The average Bonchev–Trinajstić information content (AvgIpc) is 2.81. The smallest absolute Gasteiger partial charge is 0.0558 e. The van der Waals surface area contributed by atoms with E-state index in [2.05, 4.69) is 17.1 Å². The van der Waals surface area contributed by atoms with Crippen LogP contribution in [0.2, 0.25) is 0 Å². The van der Waals surface area contributed by atoms with Crippen LogP contribution in [0.4, 0.5) is 0 Å². The molecule has 0 amide bonds. The first-order valence-corrected chi connectivity index (χ1v) is 6.94. The maximum absolute atomic E-state index is 9.08. The summed E-state index contributed by atoms with van der Waals surface area (Å²) in [6, 6.07) is 0.748. The molecule has 1 fully saturated rings. The van der Waals surface area contributed by atoms with Gasteiger partial charge >= 0.3 is 0 Å². The van der Waals surface area contributed by atoms with Crippen LogP contribution in [0.15, 0.2) is 0 Å². The van der Waals surface area contributed by atoms with Crippen LogP contribution in [-0.2, 0) is 0 Å². The number of nitrogens with zero attached hydrogens (tertiary/aromatic N) is 1. The third-order valence-corrected chi connectivity index (χ3v) is 3.45. The standard InChI is InChI=1S/C13H28N2O/c1-2-8-14-9-5-10-15(11-12-16)13-6-3-4-7-13/h13-14,16H,2-12H2,1H3. The second-order valence-electron chi connectivity index (χ2n) is 4.80. The molecule has 0 atom stereocenters.